The third-order valence-electron chi connectivity index (χ3n) is 2.64. The van der Waals surface area contributed by atoms with Crippen molar-refractivity contribution in [2.45, 2.75) is 26.4 Å². The molecule has 0 amide bonds. The van der Waals surface area contributed by atoms with Gasteiger partial charge in [0, 0.05) is 0 Å². The van der Waals surface area contributed by atoms with Gasteiger partial charge in [-0.3, -0.25) is 0 Å². The quantitative estimate of drug-likeness (QED) is 0.767. The lowest BCUT2D eigenvalue weighted by molar-refractivity contribution is -0.150. The van der Waals surface area contributed by atoms with E-state index in [1.807, 2.05) is 12.1 Å². The SMILES string of the molecule is CCOC(=O)C(C)Oc1c(Br)cc(CCN)cc1OC. The Bertz CT molecular complexity index is 465. The molecule has 1 rings (SSSR count). The first-order valence-corrected chi connectivity index (χ1v) is 7.22. The molecule has 0 fully saturated rings. The highest BCUT2D eigenvalue weighted by Crippen LogP contribution is 2.37. The van der Waals surface area contributed by atoms with Crippen molar-refractivity contribution >= 4 is 21.9 Å². The lowest BCUT2D eigenvalue weighted by Crippen LogP contribution is -2.26. The van der Waals surface area contributed by atoms with Crippen molar-refractivity contribution in [3.8, 4) is 11.5 Å². The first kappa shape index (κ1) is 16.8. The minimum atomic E-state index is -0.708. The van der Waals surface area contributed by atoms with Crippen LogP contribution in [0.2, 0.25) is 0 Å². The fourth-order valence-electron chi connectivity index (χ4n) is 1.68. The molecule has 112 valence electrons. The summed E-state index contributed by atoms with van der Waals surface area (Å²) in [6, 6.07) is 3.76. The molecule has 1 unspecified atom stereocenters. The highest BCUT2D eigenvalue weighted by molar-refractivity contribution is 9.10. The Balaban J connectivity index is 2.96. The zero-order valence-corrected chi connectivity index (χ0v) is 13.5. The Hall–Kier alpha value is -1.27. The average Bonchev–Trinajstić information content (AvgIpc) is 2.41. The van der Waals surface area contributed by atoms with E-state index in [4.69, 9.17) is 19.9 Å². The number of carbonyl (C=O) groups excluding carboxylic acids is 1. The number of methoxy groups -OCH3 is 1. The number of hydrogen-bond donors (Lipinski definition) is 1. The van der Waals surface area contributed by atoms with Crippen molar-refractivity contribution in [1.82, 2.24) is 0 Å². The third kappa shape index (κ3) is 4.38. The van der Waals surface area contributed by atoms with E-state index in [0.29, 0.717) is 24.7 Å². The van der Waals surface area contributed by atoms with Crippen molar-refractivity contribution in [2.24, 2.45) is 5.73 Å². The van der Waals surface area contributed by atoms with E-state index in [1.165, 1.54) is 0 Å². The van der Waals surface area contributed by atoms with Crippen molar-refractivity contribution in [2.75, 3.05) is 20.3 Å². The minimum absolute atomic E-state index is 0.320. The number of ether oxygens (including phenoxy) is 3. The van der Waals surface area contributed by atoms with Crippen molar-refractivity contribution in [3.05, 3.63) is 22.2 Å². The zero-order chi connectivity index (χ0) is 15.1. The fourth-order valence-corrected chi connectivity index (χ4v) is 2.27. The van der Waals surface area contributed by atoms with Gasteiger partial charge in [0.05, 0.1) is 18.2 Å². The van der Waals surface area contributed by atoms with Gasteiger partial charge in [0.2, 0.25) is 0 Å². The Labute approximate surface area is 127 Å². The van der Waals surface area contributed by atoms with Gasteiger partial charge in [0.1, 0.15) is 0 Å². The summed E-state index contributed by atoms with van der Waals surface area (Å²) in [6.07, 6.45) is 0.0309. The fraction of sp³-hybridized carbons (Fsp3) is 0.500. The van der Waals surface area contributed by atoms with Crippen LogP contribution in [0.5, 0.6) is 11.5 Å². The van der Waals surface area contributed by atoms with Gasteiger partial charge in [0.15, 0.2) is 17.6 Å². The maximum absolute atomic E-state index is 11.6. The maximum atomic E-state index is 11.6. The van der Waals surface area contributed by atoms with Gasteiger partial charge in [-0.05, 0) is 60.4 Å². The van der Waals surface area contributed by atoms with Crippen LogP contribution in [-0.2, 0) is 16.0 Å². The van der Waals surface area contributed by atoms with Crippen LogP contribution in [0.3, 0.4) is 0 Å². The van der Waals surface area contributed by atoms with E-state index in [-0.39, 0.29) is 0 Å². The summed E-state index contributed by atoms with van der Waals surface area (Å²) in [4.78, 5) is 11.6. The second kappa shape index (κ2) is 8.11. The lowest BCUT2D eigenvalue weighted by atomic mass is 10.1. The molecule has 2 N–H and O–H groups in total. The first-order chi connectivity index (χ1) is 9.53. The second-order valence-corrected chi connectivity index (χ2v) is 5.01. The molecule has 20 heavy (non-hydrogen) atoms. The normalized spacial score (nSPS) is 11.8. The zero-order valence-electron chi connectivity index (χ0n) is 11.9. The molecule has 0 saturated carbocycles. The number of esters is 1. The van der Waals surface area contributed by atoms with Gasteiger partial charge in [-0.15, -0.1) is 0 Å². The maximum Gasteiger partial charge on any atom is 0.347 e. The van der Waals surface area contributed by atoms with E-state index >= 15 is 0 Å². The third-order valence-corrected chi connectivity index (χ3v) is 3.22. The molecule has 5 nitrogen and oxygen atoms in total. The van der Waals surface area contributed by atoms with Crippen molar-refractivity contribution in [1.29, 1.82) is 0 Å². The largest absolute Gasteiger partial charge is 0.493 e. The molecule has 0 radical (unpaired) electrons. The summed E-state index contributed by atoms with van der Waals surface area (Å²) < 4.78 is 16.6. The molecule has 0 aliphatic rings. The molecule has 0 aliphatic carbocycles. The molecule has 0 heterocycles. The van der Waals surface area contributed by atoms with Crippen molar-refractivity contribution in [3.63, 3.8) is 0 Å². The number of halogens is 1. The predicted octanol–water partition coefficient (Wildman–Crippen LogP) is 2.29. The highest BCUT2D eigenvalue weighted by atomic mass is 79.9. The highest BCUT2D eigenvalue weighted by Gasteiger charge is 2.20. The summed E-state index contributed by atoms with van der Waals surface area (Å²) in [7, 11) is 1.55. The molecule has 1 aromatic carbocycles. The van der Waals surface area contributed by atoms with Crippen LogP contribution in [0.4, 0.5) is 0 Å². The van der Waals surface area contributed by atoms with Crippen LogP contribution in [-0.4, -0.2) is 32.3 Å². The van der Waals surface area contributed by atoms with Crippen LogP contribution in [0.15, 0.2) is 16.6 Å². The van der Waals surface area contributed by atoms with Gasteiger partial charge in [-0.1, -0.05) is 0 Å². The number of nitrogens with two attached hydrogens (primary N) is 1. The summed E-state index contributed by atoms with van der Waals surface area (Å²) in [5.74, 6) is 0.625. The Kier molecular flexibility index (Phi) is 6.81. The molecule has 0 saturated heterocycles. The monoisotopic (exact) mass is 345 g/mol. The summed E-state index contributed by atoms with van der Waals surface area (Å²) in [5, 5.41) is 0. The molecular formula is C14H20BrNO4. The average molecular weight is 346 g/mol. The molecule has 0 aromatic heterocycles. The number of carbonyl (C=O) groups is 1. The van der Waals surface area contributed by atoms with Crippen LogP contribution >= 0.6 is 15.9 Å². The first-order valence-electron chi connectivity index (χ1n) is 6.43. The Morgan fingerprint density at radius 3 is 2.70 bits per heavy atom. The number of rotatable bonds is 7. The van der Waals surface area contributed by atoms with E-state index in [9.17, 15) is 4.79 Å². The topological polar surface area (TPSA) is 70.8 Å². The van der Waals surface area contributed by atoms with Crippen molar-refractivity contribution < 1.29 is 19.0 Å². The molecular weight excluding hydrogens is 326 g/mol. The molecule has 6 heteroatoms. The molecule has 0 spiro atoms. The number of benzene rings is 1. The van der Waals surface area contributed by atoms with E-state index in [0.717, 1.165) is 16.5 Å². The van der Waals surface area contributed by atoms with Gasteiger partial charge in [-0.2, -0.15) is 0 Å². The van der Waals surface area contributed by atoms with Crippen LogP contribution in [0.25, 0.3) is 0 Å². The summed E-state index contributed by atoms with van der Waals surface area (Å²) >= 11 is 3.43. The van der Waals surface area contributed by atoms with E-state index in [2.05, 4.69) is 15.9 Å². The molecule has 1 aromatic rings. The van der Waals surface area contributed by atoms with Crippen LogP contribution < -0.4 is 15.2 Å². The van der Waals surface area contributed by atoms with E-state index < -0.39 is 12.1 Å². The van der Waals surface area contributed by atoms with Gasteiger partial charge < -0.3 is 19.9 Å². The Morgan fingerprint density at radius 2 is 2.15 bits per heavy atom. The lowest BCUT2D eigenvalue weighted by Gasteiger charge is -2.18. The van der Waals surface area contributed by atoms with Crippen LogP contribution in [0, 0.1) is 0 Å². The van der Waals surface area contributed by atoms with Gasteiger partial charge >= 0.3 is 5.97 Å². The second-order valence-electron chi connectivity index (χ2n) is 4.16. The number of hydrogen-bond acceptors (Lipinski definition) is 5. The van der Waals surface area contributed by atoms with Crippen LogP contribution in [0.1, 0.15) is 19.4 Å². The standard InChI is InChI=1S/C14H20BrNO4/c1-4-19-14(17)9(2)20-13-11(15)7-10(5-6-16)8-12(13)18-3/h7-9H,4-6,16H2,1-3H3. The Morgan fingerprint density at radius 1 is 1.45 bits per heavy atom. The molecule has 0 bridgehead atoms. The van der Waals surface area contributed by atoms with E-state index in [1.54, 1.807) is 21.0 Å². The predicted molar refractivity (Wildman–Crippen MR) is 80.2 cm³/mol. The summed E-state index contributed by atoms with van der Waals surface area (Å²) in [6.45, 7) is 4.26. The summed E-state index contributed by atoms with van der Waals surface area (Å²) in [5.41, 5.74) is 6.58. The smallest absolute Gasteiger partial charge is 0.347 e. The minimum Gasteiger partial charge on any atom is -0.493 e. The van der Waals surface area contributed by atoms with Gasteiger partial charge in [-0.25, -0.2) is 4.79 Å². The molecule has 0 aliphatic heterocycles. The molecule has 1 atom stereocenters. The van der Waals surface area contributed by atoms with Gasteiger partial charge in [0.25, 0.3) is 0 Å².